The van der Waals surface area contributed by atoms with Crippen LogP contribution < -0.4 is 10.1 Å². The van der Waals surface area contributed by atoms with Crippen LogP contribution in [0.5, 0.6) is 5.75 Å². The Bertz CT molecular complexity index is 820. The van der Waals surface area contributed by atoms with Gasteiger partial charge in [-0.2, -0.15) is 0 Å². The maximum absolute atomic E-state index is 12.6. The van der Waals surface area contributed by atoms with Crippen LogP contribution in [-0.2, 0) is 16.0 Å². The average molecular weight is 415 g/mol. The van der Waals surface area contributed by atoms with E-state index in [0.717, 1.165) is 10.6 Å². The fourth-order valence-electron chi connectivity index (χ4n) is 3.55. The lowest BCUT2D eigenvalue weighted by molar-refractivity contribution is -0.137. The predicted octanol–water partition coefficient (Wildman–Crippen LogP) is 3.70. The van der Waals surface area contributed by atoms with Gasteiger partial charge in [0.1, 0.15) is 5.75 Å². The van der Waals surface area contributed by atoms with Crippen LogP contribution in [0.4, 0.5) is 0 Å². The monoisotopic (exact) mass is 414 g/mol. The molecular weight excluding hydrogens is 388 g/mol. The highest BCUT2D eigenvalue weighted by Gasteiger charge is 2.28. The van der Waals surface area contributed by atoms with Gasteiger partial charge < -0.3 is 15.0 Å². The summed E-state index contributed by atoms with van der Waals surface area (Å²) < 4.78 is 5.53. The van der Waals surface area contributed by atoms with Crippen molar-refractivity contribution in [3.8, 4) is 5.75 Å². The second-order valence-corrected chi connectivity index (χ2v) is 7.87. The summed E-state index contributed by atoms with van der Waals surface area (Å²) in [7, 11) is 0. The molecule has 1 saturated heterocycles. The molecule has 1 heterocycles. The van der Waals surface area contributed by atoms with Crippen molar-refractivity contribution in [2.24, 2.45) is 5.92 Å². The summed E-state index contributed by atoms with van der Waals surface area (Å²) in [6.45, 7) is 3.17. The smallest absolute Gasteiger partial charge is 0.260 e. The Morgan fingerprint density at radius 1 is 1.10 bits per heavy atom. The molecule has 1 fully saturated rings. The molecule has 5 nitrogen and oxygen atoms in total. The van der Waals surface area contributed by atoms with Gasteiger partial charge in [0.2, 0.25) is 5.91 Å². The Morgan fingerprint density at radius 3 is 2.45 bits per heavy atom. The fraction of sp³-hybridized carbons (Fsp3) is 0.391. The molecule has 0 radical (unpaired) electrons. The summed E-state index contributed by atoms with van der Waals surface area (Å²) in [4.78, 5) is 26.7. The molecular formula is C23H27ClN2O3. The van der Waals surface area contributed by atoms with Gasteiger partial charge in [-0.25, -0.2) is 0 Å². The van der Waals surface area contributed by atoms with Crippen molar-refractivity contribution in [1.82, 2.24) is 10.2 Å². The first-order valence-electron chi connectivity index (χ1n) is 10.0. The molecule has 1 aliphatic heterocycles. The normalized spacial score (nSPS) is 15.6. The van der Waals surface area contributed by atoms with Gasteiger partial charge in [0.05, 0.1) is 0 Å². The number of piperidine rings is 1. The third-order valence-corrected chi connectivity index (χ3v) is 5.57. The molecule has 0 spiro atoms. The molecule has 6 heteroatoms. The Morgan fingerprint density at radius 2 is 1.76 bits per heavy atom. The topological polar surface area (TPSA) is 58.6 Å². The van der Waals surface area contributed by atoms with Crippen LogP contribution in [0.2, 0.25) is 5.02 Å². The molecule has 1 unspecified atom stereocenters. The Labute approximate surface area is 177 Å². The van der Waals surface area contributed by atoms with E-state index in [9.17, 15) is 9.59 Å². The number of amides is 2. The molecule has 3 rings (SSSR count). The number of nitrogens with one attached hydrogen (secondary N) is 1. The number of hydrogen-bond donors (Lipinski definition) is 1. The number of halogens is 1. The van der Waals surface area contributed by atoms with Crippen LogP contribution in [0.25, 0.3) is 0 Å². The molecule has 2 aromatic rings. The fourth-order valence-corrected chi connectivity index (χ4v) is 3.76. The molecule has 0 bridgehead atoms. The number of ether oxygens (including phenoxy) is 1. The van der Waals surface area contributed by atoms with E-state index in [-0.39, 0.29) is 30.4 Å². The summed E-state index contributed by atoms with van der Waals surface area (Å²) in [5, 5.41) is 3.81. The zero-order valence-electron chi connectivity index (χ0n) is 16.6. The highest BCUT2D eigenvalue weighted by atomic mass is 35.5. The zero-order chi connectivity index (χ0) is 20.6. The summed E-state index contributed by atoms with van der Waals surface area (Å²) >= 11 is 6.20. The highest BCUT2D eigenvalue weighted by Crippen LogP contribution is 2.20. The molecule has 154 valence electrons. The minimum absolute atomic E-state index is 0.00124. The molecule has 1 aliphatic rings. The number of benzene rings is 2. The van der Waals surface area contributed by atoms with Gasteiger partial charge >= 0.3 is 0 Å². The van der Waals surface area contributed by atoms with Crippen molar-refractivity contribution in [3.63, 3.8) is 0 Å². The first kappa shape index (κ1) is 21.2. The average Bonchev–Trinajstić information content (AvgIpc) is 2.74. The van der Waals surface area contributed by atoms with E-state index in [1.165, 1.54) is 0 Å². The van der Waals surface area contributed by atoms with E-state index in [1.807, 2.05) is 61.5 Å². The van der Waals surface area contributed by atoms with Crippen molar-refractivity contribution in [1.29, 1.82) is 0 Å². The van der Waals surface area contributed by atoms with Gasteiger partial charge in [-0.3, -0.25) is 9.59 Å². The van der Waals surface area contributed by atoms with Crippen LogP contribution >= 0.6 is 11.6 Å². The van der Waals surface area contributed by atoms with E-state index in [0.29, 0.717) is 38.1 Å². The molecule has 1 N–H and O–H groups in total. The Balaban J connectivity index is 1.40. The number of likely N-dealkylation sites (tertiary alicyclic amines) is 1. The summed E-state index contributed by atoms with van der Waals surface area (Å²) in [5.74, 6) is 0.627. The third kappa shape index (κ3) is 6.23. The van der Waals surface area contributed by atoms with E-state index >= 15 is 0 Å². The first-order chi connectivity index (χ1) is 14.0. The van der Waals surface area contributed by atoms with Crippen LogP contribution in [0.3, 0.4) is 0 Å². The van der Waals surface area contributed by atoms with Crippen LogP contribution in [-0.4, -0.2) is 42.5 Å². The van der Waals surface area contributed by atoms with Crippen molar-refractivity contribution in [2.45, 2.75) is 32.2 Å². The number of hydrogen-bond acceptors (Lipinski definition) is 3. The maximum atomic E-state index is 12.6. The largest absolute Gasteiger partial charge is 0.484 e. The van der Waals surface area contributed by atoms with E-state index in [2.05, 4.69) is 5.32 Å². The SMILES string of the molecule is CC(Cc1ccccc1Cl)NC(=O)C1CCN(C(=O)COc2ccccc2)CC1. The number of para-hydroxylation sites is 1. The number of carbonyl (C=O) groups is 2. The molecule has 2 aromatic carbocycles. The standard InChI is InChI=1S/C23H27ClN2O3/c1-17(15-19-7-5-6-10-21(19)24)25-23(28)18-11-13-26(14-12-18)22(27)16-29-20-8-3-2-4-9-20/h2-10,17-18H,11-16H2,1H3,(H,25,28). The summed E-state index contributed by atoms with van der Waals surface area (Å²) in [5.41, 5.74) is 1.03. The molecule has 29 heavy (non-hydrogen) atoms. The van der Waals surface area contributed by atoms with Crippen molar-refractivity contribution in [3.05, 3.63) is 65.2 Å². The van der Waals surface area contributed by atoms with Crippen molar-refractivity contribution in [2.75, 3.05) is 19.7 Å². The molecule has 0 aliphatic carbocycles. The lowest BCUT2D eigenvalue weighted by Crippen LogP contribution is -2.46. The van der Waals surface area contributed by atoms with Gasteiger partial charge in [0.25, 0.3) is 5.91 Å². The lowest BCUT2D eigenvalue weighted by atomic mass is 9.95. The second-order valence-electron chi connectivity index (χ2n) is 7.46. The van der Waals surface area contributed by atoms with Crippen LogP contribution in [0.1, 0.15) is 25.3 Å². The van der Waals surface area contributed by atoms with Crippen molar-refractivity contribution < 1.29 is 14.3 Å². The first-order valence-corrected chi connectivity index (χ1v) is 10.4. The molecule has 0 aromatic heterocycles. The molecule has 0 saturated carbocycles. The molecule has 2 amide bonds. The summed E-state index contributed by atoms with van der Waals surface area (Å²) in [6, 6.07) is 17.0. The predicted molar refractivity (Wildman–Crippen MR) is 114 cm³/mol. The zero-order valence-corrected chi connectivity index (χ0v) is 17.4. The number of carbonyl (C=O) groups excluding carboxylic acids is 2. The summed E-state index contributed by atoms with van der Waals surface area (Å²) in [6.07, 6.45) is 2.03. The van der Waals surface area contributed by atoms with E-state index < -0.39 is 0 Å². The van der Waals surface area contributed by atoms with Crippen LogP contribution in [0, 0.1) is 5.92 Å². The quantitative estimate of drug-likeness (QED) is 0.751. The van der Waals surface area contributed by atoms with Crippen molar-refractivity contribution >= 4 is 23.4 Å². The van der Waals surface area contributed by atoms with Gasteiger partial charge in [0, 0.05) is 30.1 Å². The van der Waals surface area contributed by atoms with Gasteiger partial charge in [-0.05, 0) is 49.9 Å². The van der Waals surface area contributed by atoms with Gasteiger partial charge in [0.15, 0.2) is 6.61 Å². The third-order valence-electron chi connectivity index (χ3n) is 5.20. The number of rotatable bonds is 7. The lowest BCUT2D eigenvalue weighted by Gasteiger charge is -2.32. The maximum Gasteiger partial charge on any atom is 0.260 e. The van der Waals surface area contributed by atoms with Gasteiger partial charge in [-0.15, -0.1) is 0 Å². The Kier molecular flexibility index (Phi) is 7.53. The minimum Gasteiger partial charge on any atom is -0.484 e. The van der Waals surface area contributed by atoms with E-state index in [4.69, 9.17) is 16.3 Å². The van der Waals surface area contributed by atoms with E-state index in [1.54, 1.807) is 4.90 Å². The number of nitrogens with zero attached hydrogens (tertiary/aromatic N) is 1. The Hall–Kier alpha value is -2.53. The van der Waals surface area contributed by atoms with Crippen LogP contribution in [0.15, 0.2) is 54.6 Å². The minimum atomic E-state index is -0.0669. The highest BCUT2D eigenvalue weighted by molar-refractivity contribution is 6.31. The molecule has 1 atom stereocenters. The second kappa shape index (κ2) is 10.3. The van der Waals surface area contributed by atoms with Gasteiger partial charge in [-0.1, -0.05) is 48.0 Å².